The number of nitrogens with two attached hydrogens (primary N) is 1. The zero-order chi connectivity index (χ0) is 13.1. The first-order valence-electron chi connectivity index (χ1n) is 5.95. The molecule has 0 radical (unpaired) electrons. The summed E-state index contributed by atoms with van der Waals surface area (Å²) in [5, 5.41) is 2.95. The van der Waals surface area contributed by atoms with Gasteiger partial charge in [-0.25, -0.2) is 0 Å². The van der Waals surface area contributed by atoms with Crippen LogP contribution in [0.5, 0.6) is 0 Å². The Morgan fingerprint density at radius 2 is 2.11 bits per heavy atom. The van der Waals surface area contributed by atoms with Crippen molar-refractivity contribution in [2.24, 2.45) is 11.7 Å². The number of amides is 1. The molecule has 0 saturated heterocycles. The first-order valence-corrected chi connectivity index (χ1v) is 5.95. The summed E-state index contributed by atoms with van der Waals surface area (Å²) in [7, 11) is 0. The fourth-order valence-electron chi connectivity index (χ4n) is 1.98. The molecule has 0 aromatic carbocycles. The molecule has 1 heterocycles. The number of rotatable bonds is 5. The SMILES string of the molecule is Cc1ccc(C(=O)NC(C)(CN)CC(C)C)o1.Cl. The van der Waals surface area contributed by atoms with Crippen LogP contribution in [0.15, 0.2) is 16.5 Å². The molecule has 1 aromatic rings. The van der Waals surface area contributed by atoms with Crippen LogP contribution in [0.3, 0.4) is 0 Å². The maximum absolute atomic E-state index is 12.0. The topological polar surface area (TPSA) is 68.3 Å². The van der Waals surface area contributed by atoms with Gasteiger partial charge in [0.15, 0.2) is 5.76 Å². The van der Waals surface area contributed by atoms with Crippen LogP contribution in [-0.4, -0.2) is 18.0 Å². The Kier molecular flexibility index (Phi) is 6.43. The maximum atomic E-state index is 12.0. The van der Waals surface area contributed by atoms with Crippen molar-refractivity contribution in [2.45, 2.75) is 39.7 Å². The van der Waals surface area contributed by atoms with Crippen LogP contribution in [0, 0.1) is 12.8 Å². The van der Waals surface area contributed by atoms with Crippen LogP contribution in [-0.2, 0) is 0 Å². The van der Waals surface area contributed by atoms with E-state index in [9.17, 15) is 4.79 Å². The van der Waals surface area contributed by atoms with Gasteiger partial charge in [0.1, 0.15) is 5.76 Å². The third-order valence-electron chi connectivity index (χ3n) is 2.69. The molecule has 5 heteroatoms. The van der Waals surface area contributed by atoms with Gasteiger partial charge >= 0.3 is 0 Å². The molecule has 18 heavy (non-hydrogen) atoms. The molecule has 4 nitrogen and oxygen atoms in total. The summed E-state index contributed by atoms with van der Waals surface area (Å²) < 4.78 is 5.29. The lowest BCUT2D eigenvalue weighted by molar-refractivity contribution is 0.0868. The van der Waals surface area contributed by atoms with Crippen molar-refractivity contribution in [2.75, 3.05) is 6.54 Å². The van der Waals surface area contributed by atoms with Crippen molar-refractivity contribution in [1.82, 2.24) is 5.32 Å². The Labute approximate surface area is 115 Å². The highest BCUT2D eigenvalue weighted by atomic mass is 35.5. The molecular formula is C13H23ClN2O2. The third kappa shape index (κ3) is 4.70. The molecule has 1 atom stereocenters. The largest absolute Gasteiger partial charge is 0.456 e. The predicted octanol–water partition coefficient (Wildman–Crippen LogP) is 2.50. The smallest absolute Gasteiger partial charge is 0.287 e. The molecule has 1 rings (SSSR count). The second-order valence-electron chi connectivity index (χ2n) is 5.23. The summed E-state index contributed by atoms with van der Waals surface area (Å²) >= 11 is 0. The molecular weight excluding hydrogens is 252 g/mol. The number of aryl methyl sites for hydroxylation is 1. The zero-order valence-electron chi connectivity index (χ0n) is 11.4. The van der Waals surface area contributed by atoms with Crippen LogP contribution in [0.4, 0.5) is 0 Å². The van der Waals surface area contributed by atoms with E-state index in [1.807, 2.05) is 13.8 Å². The van der Waals surface area contributed by atoms with Crippen LogP contribution < -0.4 is 11.1 Å². The molecule has 1 amide bonds. The first-order chi connectivity index (χ1) is 7.86. The second kappa shape index (κ2) is 6.81. The van der Waals surface area contributed by atoms with E-state index in [4.69, 9.17) is 10.2 Å². The number of carbonyl (C=O) groups is 1. The van der Waals surface area contributed by atoms with E-state index < -0.39 is 0 Å². The van der Waals surface area contributed by atoms with E-state index in [0.29, 0.717) is 18.2 Å². The van der Waals surface area contributed by atoms with Crippen LogP contribution >= 0.6 is 12.4 Å². The summed E-state index contributed by atoms with van der Waals surface area (Å²) in [6.45, 7) is 8.40. The standard InChI is InChI=1S/C13H22N2O2.ClH/c1-9(2)7-13(4,8-14)15-12(16)11-6-5-10(3)17-11;/h5-6,9H,7-8,14H2,1-4H3,(H,15,16);1H. The van der Waals surface area contributed by atoms with Gasteiger partial charge in [0, 0.05) is 6.54 Å². The molecule has 0 aliphatic rings. The average Bonchev–Trinajstić information content (AvgIpc) is 2.63. The van der Waals surface area contributed by atoms with Gasteiger partial charge in [0.05, 0.1) is 5.54 Å². The number of nitrogens with one attached hydrogen (secondary N) is 1. The van der Waals surface area contributed by atoms with E-state index in [2.05, 4.69) is 19.2 Å². The van der Waals surface area contributed by atoms with Gasteiger partial charge in [0.25, 0.3) is 5.91 Å². The highest BCUT2D eigenvalue weighted by Gasteiger charge is 2.27. The third-order valence-corrected chi connectivity index (χ3v) is 2.69. The molecule has 1 unspecified atom stereocenters. The summed E-state index contributed by atoms with van der Waals surface area (Å²) in [5.74, 6) is 1.34. The molecule has 0 saturated carbocycles. The van der Waals surface area contributed by atoms with Crippen molar-refractivity contribution in [1.29, 1.82) is 0 Å². The summed E-state index contributed by atoms with van der Waals surface area (Å²) in [4.78, 5) is 12.0. The highest BCUT2D eigenvalue weighted by Crippen LogP contribution is 2.16. The minimum Gasteiger partial charge on any atom is -0.456 e. The summed E-state index contributed by atoms with van der Waals surface area (Å²) in [6.07, 6.45) is 0.842. The van der Waals surface area contributed by atoms with Crippen molar-refractivity contribution >= 4 is 18.3 Å². The van der Waals surface area contributed by atoms with Gasteiger partial charge in [-0.05, 0) is 38.3 Å². The maximum Gasteiger partial charge on any atom is 0.287 e. The van der Waals surface area contributed by atoms with Gasteiger partial charge in [0.2, 0.25) is 0 Å². The molecule has 0 bridgehead atoms. The normalized spacial score (nSPS) is 13.9. The van der Waals surface area contributed by atoms with E-state index >= 15 is 0 Å². The predicted molar refractivity (Wildman–Crippen MR) is 75.1 cm³/mol. The van der Waals surface area contributed by atoms with Gasteiger partial charge in [-0.2, -0.15) is 0 Å². The van der Waals surface area contributed by atoms with Crippen molar-refractivity contribution in [3.8, 4) is 0 Å². The fraction of sp³-hybridized carbons (Fsp3) is 0.615. The van der Waals surface area contributed by atoms with Gasteiger partial charge < -0.3 is 15.5 Å². The first kappa shape index (κ1) is 17.0. The van der Waals surface area contributed by atoms with Crippen molar-refractivity contribution in [3.05, 3.63) is 23.7 Å². The minimum absolute atomic E-state index is 0. The summed E-state index contributed by atoms with van der Waals surface area (Å²) in [6, 6.07) is 3.45. The molecule has 0 aliphatic heterocycles. The Balaban J connectivity index is 0.00000289. The second-order valence-corrected chi connectivity index (χ2v) is 5.23. The number of hydrogen-bond acceptors (Lipinski definition) is 3. The van der Waals surface area contributed by atoms with E-state index in [-0.39, 0.29) is 23.9 Å². The molecule has 1 aromatic heterocycles. The molecule has 0 spiro atoms. The molecule has 0 fully saturated rings. The zero-order valence-corrected chi connectivity index (χ0v) is 12.3. The number of halogens is 1. The fourth-order valence-corrected chi connectivity index (χ4v) is 1.98. The number of carbonyl (C=O) groups excluding carboxylic acids is 1. The van der Waals surface area contributed by atoms with Gasteiger partial charge in [-0.1, -0.05) is 13.8 Å². The van der Waals surface area contributed by atoms with E-state index in [1.165, 1.54) is 0 Å². The van der Waals surface area contributed by atoms with E-state index in [0.717, 1.165) is 12.2 Å². The lowest BCUT2D eigenvalue weighted by atomic mass is 9.90. The average molecular weight is 275 g/mol. The Morgan fingerprint density at radius 1 is 1.50 bits per heavy atom. The van der Waals surface area contributed by atoms with Gasteiger partial charge in [-0.15, -0.1) is 12.4 Å². The Morgan fingerprint density at radius 3 is 2.50 bits per heavy atom. The quantitative estimate of drug-likeness (QED) is 0.867. The highest BCUT2D eigenvalue weighted by molar-refractivity contribution is 5.92. The minimum atomic E-state index is -0.383. The monoisotopic (exact) mass is 274 g/mol. The Hall–Kier alpha value is -1.00. The van der Waals surface area contributed by atoms with Gasteiger partial charge in [-0.3, -0.25) is 4.79 Å². The molecule has 0 aliphatic carbocycles. The number of furan rings is 1. The van der Waals surface area contributed by atoms with Crippen molar-refractivity contribution in [3.63, 3.8) is 0 Å². The van der Waals surface area contributed by atoms with Crippen LogP contribution in [0.2, 0.25) is 0 Å². The van der Waals surface area contributed by atoms with Crippen LogP contribution in [0.25, 0.3) is 0 Å². The summed E-state index contributed by atoms with van der Waals surface area (Å²) in [5.41, 5.74) is 5.36. The molecule has 104 valence electrons. The van der Waals surface area contributed by atoms with Crippen molar-refractivity contribution < 1.29 is 9.21 Å². The lowest BCUT2D eigenvalue weighted by Crippen LogP contribution is -2.52. The number of hydrogen-bond donors (Lipinski definition) is 2. The van der Waals surface area contributed by atoms with E-state index in [1.54, 1.807) is 12.1 Å². The van der Waals surface area contributed by atoms with Crippen LogP contribution in [0.1, 0.15) is 43.5 Å². The lowest BCUT2D eigenvalue weighted by Gasteiger charge is -2.30. The molecule has 3 N–H and O–H groups in total. The Bertz CT molecular complexity index is 390.